The van der Waals surface area contributed by atoms with Crippen LogP contribution in [0.3, 0.4) is 0 Å². The molecule has 1 aromatic carbocycles. The topological polar surface area (TPSA) is 71.8 Å². The summed E-state index contributed by atoms with van der Waals surface area (Å²) in [6, 6.07) is 4.31. The van der Waals surface area contributed by atoms with Crippen LogP contribution in [0.25, 0.3) is 6.20 Å². The summed E-state index contributed by atoms with van der Waals surface area (Å²) in [5.41, 5.74) is 0.773. The van der Waals surface area contributed by atoms with Gasteiger partial charge in [-0.05, 0) is 50.1 Å². The molecule has 11 heteroatoms. The SMILES string of the molecule is C=C(CC)C(=Cn1c(Cl)cnc1C)C(=O)NC(C)c1cnc(Nc2ccc(C(F)(F)F)cc2)s1. The molecule has 0 radical (unpaired) electrons. The molecule has 6 nitrogen and oxygen atoms in total. The van der Waals surface area contributed by atoms with Gasteiger partial charge in [0.15, 0.2) is 5.13 Å². The molecule has 0 spiro atoms. The molecule has 0 aliphatic heterocycles. The Hall–Kier alpha value is -3.11. The molecule has 0 bridgehead atoms. The number of nitrogens with zero attached hydrogens (tertiary/aromatic N) is 3. The molecule has 1 atom stereocenters. The van der Waals surface area contributed by atoms with Crippen LogP contribution in [-0.2, 0) is 11.0 Å². The molecule has 3 rings (SSSR count). The van der Waals surface area contributed by atoms with E-state index in [2.05, 4.69) is 27.2 Å². The molecular weight excluding hydrogens is 487 g/mol. The van der Waals surface area contributed by atoms with Gasteiger partial charge < -0.3 is 10.6 Å². The number of halogens is 4. The van der Waals surface area contributed by atoms with Crippen molar-refractivity contribution in [1.29, 1.82) is 0 Å². The molecule has 0 aliphatic carbocycles. The predicted molar refractivity (Wildman–Crippen MR) is 129 cm³/mol. The Bertz CT molecular complexity index is 1190. The molecule has 0 fully saturated rings. The number of carbonyl (C=O) groups is 1. The molecule has 3 aromatic rings. The first kappa shape index (κ1) is 25.5. The average molecular weight is 510 g/mol. The van der Waals surface area contributed by atoms with Crippen LogP contribution in [0.5, 0.6) is 0 Å². The Morgan fingerprint density at radius 1 is 1.26 bits per heavy atom. The highest BCUT2D eigenvalue weighted by Crippen LogP contribution is 2.32. The summed E-state index contributed by atoms with van der Waals surface area (Å²) in [5.74, 6) is 0.308. The smallest absolute Gasteiger partial charge is 0.345 e. The predicted octanol–water partition coefficient (Wildman–Crippen LogP) is 6.75. The second-order valence-electron chi connectivity index (χ2n) is 7.46. The lowest BCUT2D eigenvalue weighted by atomic mass is 10.1. The van der Waals surface area contributed by atoms with Gasteiger partial charge in [0.25, 0.3) is 5.91 Å². The summed E-state index contributed by atoms with van der Waals surface area (Å²) < 4.78 is 39.8. The van der Waals surface area contributed by atoms with Crippen LogP contribution in [-0.4, -0.2) is 20.4 Å². The molecule has 0 saturated carbocycles. The second kappa shape index (κ2) is 10.4. The van der Waals surface area contributed by atoms with Crippen LogP contribution >= 0.6 is 22.9 Å². The molecule has 0 aliphatic rings. The largest absolute Gasteiger partial charge is 0.416 e. The van der Waals surface area contributed by atoms with Crippen LogP contribution in [0.2, 0.25) is 5.15 Å². The van der Waals surface area contributed by atoms with Gasteiger partial charge in [-0.25, -0.2) is 9.97 Å². The lowest BCUT2D eigenvalue weighted by Gasteiger charge is -2.15. The summed E-state index contributed by atoms with van der Waals surface area (Å²) in [6.45, 7) is 9.48. The monoisotopic (exact) mass is 509 g/mol. The number of nitrogens with one attached hydrogen (secondary N) is 2. The maximum atomic E-state index is 13.0. The van der Waals surface area contributed by atoms with E-state index < -0.39 is 11.7 Å². The van der Waals surface area contributed by atoms with E-state index in [9.17, 15) is 18.0 Å². The van der Waals surface area contributed by atoms with Crippen molar-refractivity contribution in [3.05, 3.63) is 75.8 Å². The number of aromatic nitrogens is 3. The van der Waals surface area contributed by atoms with Crippen molar-refractivity contribution < 1.29 is 18.0 Å². The zero-order chi connectivity index (χ0) is 25.0. The molecule has 2 aromatic heterocycles. The lowest BCUT2D eigenvalue weighted by Crippen LogP contribution is -2.28. The number of benzene rings is 1. The Morgan fingerprint density at radius 3 is 2.50 bits per heavy atom. The molecule has 0 saturated heterocycles. The van der Waals surface area contributed by atoms with Gasteiger partial charge in [0, 0.05) is 23.0 Å². The summed E-state index contributed by atoms with van der Waals surface area (Å²) in [6.07, 6.45) is 0.905. The highest BCUT2D eigenvalue weighted by atomic mass is 35.5. The first-order valence-corrected chi connectivity index (χ1v) is 11.5. The van der Waals surface area contributed by atoms with E-state index in [4.69, 9.17) is 11.6 Å². The van der Waals surface area contributed by atoms with Crippen molar-refractivity contribution >= 4 is 45.9 Å². The maximum Gasteiger partial charge on any atom is 0.416 e. The third-order valence-electron chi connectivity index (χ3n) is 5.01. The number of thiazole rings is 1. The van der Waals surface area contributed by atoms with Crippen LogP contribution in [0.15, 0.2) is 54.4 Å². The number of anilines is 2. The van der Waals surface area contributed by atoms with Gasteiger partial charge in [-0.15, -0.1) is 0 Å². The van der Waals surface area contributed by atoms with Crippen molar-refractivity contribution in [3.8, 4) is 0 Å². The number of hydrogen-bond acceptors (Lipinski definition) is 5. The molecule has 34 heavy (non-hydrogen) atoms. The van der Waals surface area contributed by atoms with Crippen LogP contribution in [0, 0.1) is 6.92 Å². The van der Waals surface area contributed by atoms with Gasteiger partial charge in [0.2, 0.25) is 0 Å². The Balaban J connectivity index is 1.72. The van der Waals surface area contributed by atoms with Crippen molar-refractivity contribution in [2.75, 3.05) is 5.32 Å². The minimum absolute atomic E-state index is 0.325. The van der Waals surface area contributed by atoms with Gasteiger partial charge in [-0.1, -0.05) is 36.4 Å². The zero-order valence-corrected chi connectivity index (χ0v) is 20.3. The molecule has 1 amide bonds. The highest BCUT2D eigenvalue weighted by molar-refractivity contribution is 7.15. The van der Waals surface area contributed by atoms with Crippen molar-refractivity contribution in [3.63, 3.8) is 0 Å². The lowest BCUT2D eigenvalue weighted by molar-refractivity contribution is -0.137. The molecule has 2 heterocycles. The van der Waals surface area contributed by atoms with Crippen molar-refractivity contribution in [1.82, 2.24) is 19.9 Å². The van der Waals surface area contributed by atoms with E-state index in [1.807, 2.05) is 13.8 Å². The standard InChI is InChI=1S/C23H23ClF3N5OS/c1-5-13(2)18(12-32-15(4)28-11-20(32)24)21(33)30-14(3)19-10-29-22(34-19)31-17-8-6-16(7-9-17)23(25,26)27/h6-12,14H,2,5H2,1,3-4H3,(H,29,31)(H,30,33). The van der Waals surface area contributed by atoms with Gasteiger partial charge in [-0.2, -0.15) is 13.2 Å². The summed E-state index contributed by atoms with van der Waals surface area (Å²) in [7, 11) is 0. The van der Waals surface area contributed by atoms with Gasteiger partial charge >= 0.3 is 6.18 Å². The number of aryl methyl sites for hydroxylation is 1. The molecule has 180 valence electrons. The Morgan fingerprint density at radius 2 is 1.94 bits per heavy atom. The van der Waals surface area contributed by atoms with Gasteiger partial charge in [-0.3, -0.25) is 9.36 Å². The van der Waals surface area contributed by atoms with Crippen LogP contribution < -0.4 is 10.6 Å². The number of hydrogen-bond donors (Lipinski definition) is 2. The number of rotatable bonds is 8. The van der Waals surface area contributed by atoms with Crippen LogP contribution in [0.1, 0.15) is 42.6 Å². The normalized spacial score (nSPS) is 13.0. The number of amides is 1. The Kier molecular flexibility index (Phi) is 7.83. The maximum absolute atomic E-state index is 13.0. The molecule has 1 unspecified atom stereocenters. The fourth-order valence-electron chi connectivity index (χ4n) is 2.97. The second-order valence-corrected chi connectivity index (χ2v) is 8.91. The van der Waals surface area contributed by atoms with E-state index in [-0.39, 0.29) is 11.9 Å². The van der Waals surface area contributed by atoms with Gasteiger partial charge in [0.1, 0.15) is 11.0 Å². The van der Waals surface area contributed by atoms with Crippen molar-refractivity contribution in [2.45, 2.75) is 39.4 Å². The van der Waals surface area contributed by atoms with E-state index in [1.54, 1.807) is 23.9 Å². The summed E-state index contributed by atoms with van der Waals surface area (Å²) in [4.78, 5) is 22.2. The van der Waals surface area contributed by atoms with Gasteiger partial charge in [0.05, 0.1) is 23.4 Å². The summed E-state index contributed by atoms with van der Waals surface area (Å²) >= 11 is 7.46. The fourth-order valence-corrected chi connectivity index (χ4v) is 4.03. The fraction of sp³-hybridized carbons (Fsp3) is 0.261. The van der Waals surface area contributed by atoms with E-state index >= 15 is 0 Å². The highest BCUT2D eigenvalue weighted by Gasteiger charge is 2.30. The average Bonchev–Trinajstić information content (AvgIpc) is 3.37. The zero-order valence-electron chi connectivity index (χ0n) is 18.7. The van der Waals surface area contributed by atoms with E-state index in [0.29, 0.717) is 39.4 Å². The summed E-state index contributed by atoms with van der Waals surface area (Å²) in [5, 5.41) is 6.78. The van der Waals surface area contributed by atoms with Crippen molar-refractivity contribution in [2.24, 2.45) is 0 Å². The number of imidazole rings is 1. The Labute approximate surface area is 204 Å². The van der Waals surface area contributed by atoms with E-state index in [0.717, 1.165) is 17.0 Å². The molecular formula is C23H23ClF3N5OS. The first-order chi connectivity index (χ1) is 16.0. The van der Waals surface area contributed by atoms with Crippen LogP contribution in [0.4, 0.5) is 24.0 Å². The first-order valence-electron chi connectivity index (χ1n) is 10.3. The number of alkyl halides is 3. The number of carbonyl (C=O) groups excluding carboxylic acids is 1. The van der Waals surface area contributed by atoms with E-state index in [1.165, 1.54) is 29.7 Å². The minimum Gasteiger partial charge on any atom is -0.345 e. The third-order valence-corrected chi connectivity index (χ3v) is 6.38. The minimum atomic E-state index is -4.39. The quantitative estimate of drug-likeness (QED) is 0.260. The third kappa shape index (κ3) is 6.06. The molecule has 2 N–H and O–H groups in total.